The van der Waals surface area contributed by atoms with Gasteiger partial charge < -0.3 is 4.74 Å². The van der Waals surface area contributed by atoms with Crippen LogP contribution in [0.3, 0.4) is 0 Å². The van der Waals surface area contributed by atoms with Crippen molar-refractivity contribution in [3.05, 3.63) is 0 Å². The van der Waals surface area contributed by atoms with Crippen LogP contribution < -0.4 is 5.14 Å². The number of carbonyl (C=O) groups is 2. The predicted octanol–water partition coefficient (Wildman–Crippen LogP) is 1.71. The molecule has 0 bridgehead atoms. The number of likely N-dealkylation sites (tertiary alicyclic amines) is 1. The van der Waals surface area contributed by atoms with E-state index in [0.29, 0.717) is 19.4 Å². The maximum Gasteiger partial charge on any atom is 0.244 e. The van der Waals surface area contributed by atoms with E-state index < -0.39 is 16.4 Å². The minimum Gasteiger partial charge on any atom is -0.374 e. The molecule has 1 aliphatic rings. The highest BCUT2D eigenvalue weighted by atomic mass is 32.2. The van der Waals surface area contributed by atoms with Gasteiger partial charge in [-0.25, -0.2) is 0 Å². The van der Waals surface area contributed by atoms with Crippen molar-refractivity contribution in [1.82, 2.24) is 4.90 Å². The number of terminal acetylenes is 1. The molecule has 21 heavy (non-hydrogen) atoms. The van der Waals surface area contributed by atoms with E-state index in [4.69, 9.17) is 16.3 Å². The third kappa shape index (κ3) is 4.47. The summed E-state index contributed by atoms with van der Waals surface area (Å²) in [6.07, 6.45) is 6.54. The van der Waals surface area contributed by atoms with E-state index in [1.807, 2.05) is 27.7 Å². The van der Waals surface area contributed by atoms with E-state index in [0.717, 1.165) is 11.9 Å². The molecule has 0 aliphatic carbocycles. The van der Waals surface area contributed by atoms with Gasteiger partial charge >= 0.3 is 0 Å². The van der Waals surface area contributed by atoms with Crippen LogP contribution in [0.15, 0.2) is 0 Å². The van der Waals surface area contributed by atoms with E-state index in [9.17, 15) is 9.59 Å². The second kappa shape index (κ2) is 6.82. The van der Waals surface area contributed by atoms with Crippen LogP contribution in [-0.4, -0.2) is 39.7 Å². The summed E-state index contributed by atoms with van der Waals surface area (Å²) in [5.74, 6) is 2.20. The van der Waals surface area contributed by atoms with E-state index in [2.05, 4.69) is 5.92 Å². The van der Waals surface area contributed by atoms with Crippen molar-refractivity contribution in [2.75, 3.05) is 6.61 Å². The summed E-state index contributed by atoms with van der Waals surface area (Å²) < 4.78 is 5.77. The topological polar surface area (TPSA) is 72.6 Å². The average Bonchev–Trinajstić information content (AvgIpc) is 2.63. The van der Waals surface area contributed by atoms with Crippen LogP contribution in [0.1, 0.15) is 47.0 Å². The summed E-state index contributed by atoms with van der Waals surface area (Å²) in [5, 5.41) is 4.99. The van der Waals surface area contributed by atoms with Crippen LogP contribution in [0.25, 0.3) is 0 Å². The second-order valence-electron chi connectivity index (χ2n) is 6.45. The molecule has 1 fully saturated rings. The largest absolute Gasteiger partial charge is 0.374 e. The van der Waals surface area contributed by atoms with Crippen LogP contribution in [0.5, 0.6) is 0 Å². The molecule has 1 rings (SSSR count). The molecule has 0 radical (unpaired) electrons. The lowest BCUT2D eigenvalue weighted by Gasteiger charge is -2.35. The highest BCUT2D eigenvalue weighted by molar-refractivity contribution is 7.98. The summed E-state index contributed by atoms with van der Waals surface area (Å²) in [4.78, 5) is 25.6. The number of carbonyl (C=O) groups excluding carboxylic acids is 2. The molecule has 1 unspecified atom stereocenters. The fourth-order valence-corrected chi connectivity index (χ4v) is 2.79. The highest BCUT2D eigenvalue weighted by Crippen LogP contribution is 2.30. The Hall–Kier alpha value is -1.03. The normalized spacial score (nSPS) is 20.0. The summed E-state index contributed by atoms with van der Waals surface area (Å²) in [6.45, 7) is 8.01. The SMILES string of the molecule is C#CCC(C)(C)OCCC(C)(C)N1C(=O)CC(SN)C1=O. The van der Waals surface area contributed by atoms with Gasteiger partial charge in [0.15, 0.2) is 0 Å². The summed E-state index contributed by atoms with van der Waals surface area (Å²) in [5.41, 5.74) is -0.996. The van der Waals surface area contributed by atoms with Crippen LogP contribution in [0.2, 0.25) is 0 Å². The first-order valence-corrected chi connectivity index (χ1v) is 7.89. The first kappa shape index (κ1) is 18.0. The lowest BCUT2D eigenvalue weighted by atomic mass is 9.98. The molecular weight excluding hydrogens is 288 g/mol. The molecule has 1 saturated heterocycles. The van der Waals surface area contributed by atoms with Crippen molar-refractivity contribution in [1.29, 1.82) is 0 Å². The monoisotopic (exact) mass is 312 g/mol. The van der Waals surface area contributed by atoms with Crippen LogP contribution >= 0.6 is 11.9 Å². The number of ether oxygens (including phenoxy) is 1. The molecule has 2 amide bonds. The quantitative estimate of drug-likeness (QED) is 0.440. The van der Waals surface area contributed by atoms with Crippen molar-refractivity contribution >= 4 is 23.8 Å². The van der Waals surface area contributed by atoms with Crippen LogP contribution in [0, 0.1) is 12.3 Å². The molecule has 0 saturated carbocycles. The Morgan fingerprint density at radius 3 is 2.52 bits per heavy atom. The van der Waals surface area contributed by atoms with Crippen LogP contribution in [0.4, 0.5) is 0 Å². The zero-order chi connectivity index (χ0) is 16.3. The zero-order valence-electron chi connectivity index (χ0n) is 13.1. The molecule has 1 atom stereocenters. The lowest BCUT2D eigenvalue weighted by Crippen LogP contribution is -2.49. The van der Waals surface area contributed by atoms with Gasteiger partial charge in [-0.1, -0.05) is 11.9 Å². The van der Waals surface area contributed by atoms with Crippen molar-refractivity contribution in [2.24, 2.45) is 5.14 Å². The maximum atomic E-state index is 12.2. The molecule has 1 heterocycles. The lowest BCUT2D eigenvalue weighted by molar-refractivity contribution is -0.145. The maximum absolute atomic E-state index is 12.2. The standard InChI is InChI=1S/C15H24N2O3S/c1-6-7-15(4,5)20-9-8-14(2,3)17-12(18)10-11(21-16)13(17)19/h1,11H,7-10,16H2,2-5H3. The van der Waals surface area contributed by atoms with E-state index in [1.54, 1.807) is 0 Å². The zero-order valence-corrected chi connectivity index (χ0v) is 14.0. The summed E-state index contributed by atoms with van der Waals surface area (Å²) in [7, 11) is 0. The molecule has 2 N–H and O–H groups in total. The third-order valence-electron chi connectivity index (χ3n) is 3.61. The van der Waals surface area contributed by atoms with E-state index in [1.165, 1.54) is 4.90 Å². The minimum absolute atomic E-state index is 0.171. The number of hydrogen-bond acceptors (Lipinski definition) is 5. The Labute approximate surface area is 131 Å². The molecule has 6 heteroatoms. The van der Waals surface area contributed by atoms with Gasteiger partial charge in [-0.2, -0.15) is 0 Å². The van der Waals surface area contributed by atoms with Gasteiger partial charge in [-0.15, -0.1) is 12.3 Å². The Morgan fingerprint density at radius 2 is 2.05 bits per heavy atom. The van der Waals surface area contributed by atoms with Gasteiger partial charge in [0, 0.05) is 25.0 Å². The van der Waals surface area contributed by atoms with E-state index >= 15 is 0 Å². The first-order chi connectivity index (χ1) is 9.64. The predicted molar refractivity (Wildman–Crippen MR) is 84.2 cm³/mol. The van der Waals surface area contributed by atoms with Gasteiger partial charge in [-0.3, -0.25) is 19.6 Å². The number of amides is 2. The number of nitrogens with zero attached hydrogens (tertiary/aromatic N) is 1. The molecule has 0 aromatic rings. The van der Waals surface area contributed by atoms with Crippen molar-refractivity contribution in [3.8, 4) is 12.3 Å². The molecule has 0 spiro atoms. The summed E-state index contributed by atoms with van der Waals surface area (Å²) in [6, 6.07) is 0. The first-order valence-electron chi connectivity index (χ1n) is 6.94. The number of hydrogen-bond donors (Lipinski definition) is 1. The third-order valence-corrected chi connectivity index (χ3v) is 4.31. The van der Waals surface area contributed by atoms with Crippen molar-refractivity contribution < 1.29 is 14.3 Å². The molecule has 1 aliphatic heterocycles. The van der Waals surface area contributed by atoms with Crippen molar-refractivity contribution in [2.45, 2.75) is 63.3 Å². The molecule has 5 nitrogen and oxygen atoms in total. The molecule has 0 aromatic carbocycles. The molecule has 0 aromatic heterocycles. The second-order valence-corrected chi connectivity index (χ2v) is 7.29. The Kier molecular flexibility index (Phi) is 5.85. The fraction of sp³-hybridized carbons (Fsp3) is 0.733. The average molecular weight is 312 g/mol. The van der Waals surface area contributed by atoms with Gasteiger partial charge in [0.2, 0.25) is 11.8 Å². The van der Waals surface area contributed by atoms with Gasteiger partial charge in [0.05, 0.1) is 5.60 Å². The highest BCUT2D eigenvalue weighted by Gasteiger charge is 2.45. The number of rotatable bonds is 7. The van der Waals surface area contributed by atoms with Crippen molar-refractivity contribution in [3.63, 3.8) is 0 Å². The fourth-order valence-electron chi connectivity index (χ4n) is 2.33. The number of nitrogens with two attached hydrogens (primary N) is 1. The van der Waals surface area contributed by atoms with Gasteiger partial charge in [0.25, 0.3) is 0 Å². The molecule has 118 valence electrons. The molecular formula is C15H24N2O3S. The van der Waals surface area contributed by atoms with Gasteiger partial charge in [-0.05, 0) is 34.1 Å². The Bertz CT molecular complexity index is 454. The smallest absolute Gasteiger partial charge is 0.244 e. The van der Waals surface area contributed by atoms with Crippen LogP contribution in [-0.2, 0) is 14.3 Å². The van der Waals surface area contributed by atoms with E-state index in [-0.39, 0.29) is 18.2 Å². The minimum atomic E-state index is -0.592. The Balaban J connectivity index is 2.64. The Morgan fingerprint density at radius 1 is 1.43 bits per heavy atom. The number of imide groups is 1. The summed E-state index contributed by atoms with van der Waals surface area (Å²) >= 11 is 0.933. The van der Waals surface area contributed by atoms with Gasteiger partial charge in [0.1, 0.15) is 5.25 Å².